The van der Waals surface area contributed by atoms with Crippen LogP contribution in [0.15, 0.2) is 48.5 Å². The van der Waals surface area contributed by atoms with E-state index in [0.717, 1.165) is 50.9 Å². The van der Waals surface area contributed by atoms with E-state index in [1.54, 1.807) is 6.07 Å². The number of piperidine rings is 1. The Kier molecular flexibility index (Phi) is 5.86. The molecular formula is C24H29FN2O2. The van der Waals surface area contributed by atoms with E-state index in [1.165, 1.54) is 18.7 Å². The first-order chi connectivity index (χ1) is 14.1. The van der Waals surface area contributed by atoms with Crippen molar-refractivity contribution in [1.82, 2.24) is 10.2 Å². The lowest BCUT2D eigenvalue weighted by Crippen LogP contribution is -2.37. The van der Waals surface area contributed by atoms with Crippen molar-refractivity contribution >= 4 is 5.91 Å². The van der Waals surface area contributed by atoms with Gasteiger partial charge in [0.25, 0.3) is 0 Å². The molecule has 2 aromatic carbocycles. The van der Waals surface area contributed by atoms with Gasteiger partial charge in [-0.1, -0.05) is 36.4 Å². The number of methoxy groups -OCH3 is 1. The van der Waals surface area contributed by atoms with Crippen molar-refractivity contribution in [2.24, 2.45) is 11.3 Å². The zero-order valence-corrected chi connectivity index (χ0v) is 17.0. The minimum Gasteiger partial charge on any atom is -0.494 e. The SMILES string of the molecule is COc1cc(CN2CCC3(CC2)CC3C(=O)NCCc2ccccc2)ccc1F. The molecule has 2 aromatic rings. The van der Waals surface area contributed by atoms with Crippen LogP contribution < -0.4 is 10.1 Å². The molecule has 1 atom stereocenters. The Morgan fingerprint density at radius 3 is 2.66 bits per heavy atom. The fourth-order valence-electron chi connectivity index (χ4n) is 4.59. The third-order valence-electron chi connectivity index (χ3n) is 6.54. The molecule has 1 saturated heterocycles. The Bertz CT molecular complexity index is 847. The van der Waals surface area contributed by atoms with E-state index in [2.05, 4.69) is 22.3 Å². The number of rotatable bonds is 7. The van der Waals surface area contributed by atoms with Gasteiger partial charge in [-0.05, 0) is 67.4 Å². The van der Waals surface area contributed by atoms with Crippen molar-refractivity contribution in [3.8, 4) is 5.75 Å². The van der Waals surface area contributed by atoms with Crippen molar-refractivity contribution in [2.75, 3.05) is 26.7 Å². The highest BCUT2D eigenvalue weighted by Gasteiger charge is 2.58. The Balaban J connectivity index is 1.22. The van der Waals surface area contributed by atoms with Crippen LogP contribution in [0.3, 0.4) is 0 Å². The maximum absolute atomic E-state index is 13.6. The predicted octanol–water partition coefficient (Wildman–Crippen LogP) is 3.80. The van der Waals surface area contributed by atoms with E-state index in [0.29, 0.717) is 12.3 Å². The third kappa shape index (κ3) is 4.61. The smallest absolute Gasteiger partial charge is 0.223 e. The number of hydrogen-bond donors (Lipinski definition) is 1. The maximum Gasteiger partial charge on any atom is 0.223 e. The lowest BCUT2D eigenvalue weighted by Gasteiger charge is -2.32. The first kappa shape index (κ1) is 19.9. The number of benzene rings is 2. The van der Waals surface area contributed by atoms with Crippen molar-refractivity contribution in [2.45, 2.75) is 32.2 Å². The molecule has 1 saturated carbocycles. The Hall–Kier alpha value is -2.40. The van der Waals surface area contributed by atoms with E-state index in [1.807, 2.05) is 24.3 Å². The molecule has 1 aliphatic carbocycles. The van der Waals surface area contributed by atoms with Gasteiger partial charge in [-0.15, -0.1) is 0 Å². The Morgan fingerprint density at radius 1 is 1.17 bits per heavy atom. The fraction of sp³-hybridized carbons (Fsp3) is 0.458. The van der Waals surface area contributed by atoms with Crippen LogP contribution in [0, 0.1) is 17.2 Å². The number of amides is 1. The zero-order valence-electron chi connectivity index (χ0n) is 17.0. The van der Waals surface area contributed by atoms with Crippen molar-refractivity contribution < 1.29 is 13.9 Å². The van der Waals surface area contributed by atoms with Gasteiger partial charge < -0.3 is 10.1 Å². The molecule has 2 fully saturated rings. The van der Waals surface area contributed by atoms with Gasteiger partial charge in [0.05, 0.1) is 7.11 Å². The van der Waals surface area contributed by atoms with Gasteiger partial charge in [0.15, 0.2) is 11.6 Å². The van der Waals surface area contributed by atoms with Crippen molar-refractivity contribution in [3.63, 3.8) is 0 Å². The highest BCUT2D eigenvalue weighted by atomic mass is 19.1. The summed E-state index contributed by atoms with van der Waals surface area (Å²) in [6, 6.07) is 15.3. The molecule has 154 valence electrons. The minimum absolute atomic E-state index is 0.173. The van der Waals surface area contributed by atoms with Gasteiger partial charge in [-0.25, -0.2) is 4.39 Å². The lowest BCUT2D eigenvalue weighted by molar-refractivity contribution is -0.123. The molecule has 4 rings (SSSR count). The van der Waals surface area contributed by atoms with Gasteiger partial charge in [-0.2, -0.15) is 0 Å². The van der Waals surface area contributed by atoms with Crippen LogP contribution >= 0.6 is 0 Å². The van der Waals surface area contributed by atoms with Crippen LogP contribution in [0.5, 0.6) is 5.75 Å². The summed E-state index contributed by atoms with van der Waals surface area (Å²) in [5.74, 6) is 0.363. The summed E-state index contributed by atoms with van der Waals surface area (Å²) < 4.78 is 18.7. The van der Waals surface area contributed by atoms with E-state index >= 15 is 0 Å². The van der Waals surface area contributed by atoms with Gasteiger partial charge in [-0.3, -0.25) is 9.69 Å². The van der Waals surface area contributed by atoms with Crippen LogP contribution in [0.25, 0.3) is 0 Å². The second kappa shape index (κ2) is 8.54. The van der Waals surface area contributed by atoms with Crippen LogP contribution in [0.1, 0.15) is 30.4 Å². The van der Waals surface area contributed by atoms with E-state index in [9.17, 15) is 9.18 Å². The van der Waals surface area contributed by atoms with E-state index in [4.69, 9.17) is 4.74 Å². The van der Waals surface area contributed by atoms with Crippen LogP contribution in [-0.4, -0.2) is 37.6 Å². The van der Waals surface area contributed by atoms with Crippen molar-refractivity contribution in [3.05, 3.63) is 65.5 Å². The second-order valence-corrected chi connectivity index (χ2v) is 8.39. The molecular weight excluding hydrogens is 367 g/mol. The quantitative estimate of drug-likeness (QED) is 0.774. The summed E-state index contributed by atoms with van der Waals surface area (Å²) in [4.78, 5) is 15.0. The number of carbonyl (C=O) groups is 1. The molecule has 1 spiro atoms. The van der Waals surface area contributed by atoms with Crippen molar-refractivity contribution in [1.29, 1.82) is 0 Å². The molecule has 1 heterocycles. The molecule has 0 bridgehead atoms. The van der Waals surface area contributed by atoms with Crippen LogP contribution in [0.2, 0.25) is 0 Å². The largest absolute Gasteiger partial charge is 0.494 e. The average Bonchev–Trinajstić information content (AvgIpc) is 3.45. The molecule has 1 amide bonds. The highest BCUT2D eigenvalue weighted by molar-refractivity contribution is 5.82. The second-order valence-electron chi connectivity index (χ2n) is 8.39. The predicted molar refractivity (Wildman–Crippen MR) is 111 cm³/mol. The first-order valence-corrected chi connectivity index (χ1v) is 10.5. The molecule has 0 radical (unpaired) electrons. The number of likely N-dealkylation sites (tertiary alicyclic amines) is 1. The molecule has 4 nitrogen and oxygen atoms in total. The molecule has 1 N–H and O–H groups in total. The first-order valence-electron chi connectivity index (χ1n) is 10.5. The normalized spacial score (nSPS) is 20.4. The number of hydrogen-bond acceptors (Lipinski definition) is 3. The molecule has 2 aliphatic rings. The van der Waals surface area contributed by atoms with Crippen LogP contribution in [-0.2, 0) is 17.8 Å². The van der Waals surface area contributed by atoms with Crippen LogP contribution in [0.4, 0.5) is 4.39 Å². The summed E-state index contributed by atoms with van der Waals surface area (Å²) in [7, 11) is 1.49. The molecule has 29 heavy (non-hydrogen) atoms. The van der Waals surface area contributed by atoms with E-state index < -0.39 is 0 Å². The highest BCUT2D eigenvalue weighted by Crippen LogP contribution is 2.59. The number of carbonyl (C=O) groups excluding carboxylic acids is 1. The molecule has 1 aliphatic heterocycles. The molecule has 1 unspecified atom stereocenters. The number of halogens is 1. The summed E-state index contributed by atoms with van der Waals surface area (Å²) in [6.07, 6.45) is 4.01. The van der Waals surface area contributed by atoms with Gasteiger partial charge in [0.2, 0.25) is 5.91 Å². The summed E-state index contributed by atoms with van der Waals surface area (Å²) in [5.41, 5.74) is 2.52. The topological polar surface area (TPSA) is 41.6 Å². The average molecular weight is 397 g/mol. The molecule has 5 heteroatoms. The number of nitrogens with one attached hydrogen (secondary N) is 1. The zero-order chi connectivity index (χ0) is 20.3. The minimum atomic E-state index is -0.326. The summed E-state index contributed by atoms with van der Waals surface area (Å²) in [6.45, 7) is 3.45. The van der Waals surface area contributed by atoms with E-state index in [-0.39, 0.29) is 23.1 Å². The Morgan fingerprint density at radius 2 is 1.93 bits per heavy atom. The summed E-state index contributed by atoms with van der Waals surface area (Å²) >= 11 is 0. The third-order valence-corrected chi connectivity index (χ3v) is 6.54. The summed E-state index contributed by atoms with van der Waals surface area (Å²) in [5, 5.41) is 3.13. The lowest BCUT2D eigenvalue weighted by atomic mass is 9.90. The number of ether oxygens (including phenoxy) is 1. The maximum atomic E-state index is 13.6. The monoisotopic (exact) mass is 396 g/mol. The molecule has 0 aromatic heterocycles. The van der Waals surface area contributed by atoms with Gasteiger partial charge >= 0.3 is 0 Å². The number of nitrogens with zero attached hydrogens (tertiary/aromatic N) is 1. The van der Waals surface area contributed by atoms with Gasteiger partial charge in [0, 0.05) is 19.0 Å². The fourth-order valence-corrected chi connectivity index (χ4v) is 4.59. The van der Waals surface area contributed by atoms with Gasteiger partial charge in [0.1, 0.15) is 0 Å². The Labute approximate surface area is 172 Å². The standard InChI is InChI=1S/C24H29FN2O2/c1-29-22-15-19(7-8-21(22)25)17-27-13-10-24(11-14-27)16-20(24)23(28)26-12-9-18-5-3-2-4-6-18/h2-8,15,20H,9-14,16-17H2,1H3,(H,26,28).